The summed E-state index contributed by atoms with van der Waals surface area (Å²) in [4.78, 5) is 39.6. The van der Waals surface area contributed by atoms with Crippen molar-refractivity contribution in [3.63, 3.8) is 0 Å². The molecule has 2 atom stereocenters. The fourth-order valence-corrected chi connectivity index (χ4v) is 8.23. The molecule has 0 bridgehead atoms. The normalized spacial score (nSPS) is 14.2. The van der Waals surface area contributed by atoms with E-state index in [0.717, 1.165) is 114 Å². The first kappa shape index (κ1) is 51.2. The zero-order valence-electron chi connectivity index (χ0n) is 34.1. The molecule has 0 fully saturated rings. The van der Waals surface area contributed by atoms with Crippen LogP contribution in [0, 0.1) is 0 Å². The van der Waals surface area contributed by atoms with Crippen LogP contribution in [0.4, 0.5) is 17.6 Å². The van der Waals surface area contributed by atoms with E-state index in [1.165, 1.54) is 12.2 Å². The molecule has 0 saturated heterocycles. The second-order valence-electron chi connectivity index (χ2n) is 14.9. The minimum Gasteiger partial charge on any atom is -0.458 e. The van der Waals surface area contributed by atoms with Gasteiger partial charge in [0.2, 0.25) is 0 Å². The van der Waals surface area contributed by atoms with Crippen LogP contribution in [0.1, 0.15) is 169 Å². The van der Waals surface area contributed by atoms with E-state index in [0.29, 0.717) is 37.6 Å². The van der Waals surface area contributed by atoms with Crippen molar-refractivity contribution >= 4 is 25.4 Å². The molecule has 0 N–H and O–H groups in total. The largest absolute Gasteiger partial charge is 0.458 e. The predicted octanol–water partition coefficient (Wildman–Crippen LogP) is 12.4. The van der Waals surface area contributed by atoms with Gasteiger partial charge >= 0.3 is 11.9 Å². The van der Waals surface area contributed by atoms with Crippen LogP contribution >= 0.6 is 7.92 Å². The van der Waals surface area contributed by atoms with Crippen LogP contribution in [0.15, 0.2) is 24.3 Å². The number of hydrogen-bond acceptors (Lipinski definition) is 6. The molecular formula is C42H74F4NO5P. The van der Waals surface area contributed by atoms with Gasteiger partial charge in [0.15, 0.2) is 5.52 Å². The molecule has 0 aliphatic rings. The smallest absolute Gasteiger partial charge is 0.306 e. The van der Waals surface area contributed by atoms with E-state index < -0.39 is 32.0 Å². The van der Waals surface area contributed by atoms with Gasteiger partial charge in [0.25, 0.3) is 11.8 Å². The Labute approximate surface area is 321 Å². The van der Waals surface area contributed by atoms with Crippen LogP contribution in [-0.2, 0) is 23.9 Å². The van der Waals surface area contributed by atoms with Crippen molar-refractivity contribution in [3.05, 3.63) is 24.3 Å². The highest BCUT2D eigenvalue weighted by Gasteiger charge is 2.25. The van der Waals surface area contributed by atoms with Crippen molar-refractivity contribution in [2.24, 2.45) is 0 Å². The molecule has 0 aromatic rings. The van der Waals surface area contributed by atoms with Crippen molar-refractivity contribution in [3.8, 4) is 0 Å². The molecular weight excluding hydrogens is 705 g/mol. The number of hydrogen-bond donors (Lipinski definition) is 0. The summed E-state index contributed by atoms with van der Waals surface area (Å²) in [7, 11) is 3.32. The first-order chi connectivity index (χ1) is 25.1. The van der Waals surface area contributed by atoms with Crippen molar-refractivity contribution in [2.75, 3.05) is 33.0 Å². The lowest BCUT2D eigenvalue weighted by Gasteiger charge is -2.17. The SMILES string of the molecule is CCCCCC(F)(F)C=CC(C)OC(=O)CCCCCCCP(CCCCCCCC(=O)OC(C)C=CC(F)(F)CCCCC)C(=O)CCCN(C)C. The Morgan fingerprint density at radius 1 is 0.585 bits per heavy atom. The van der Waals surface area contributed by atoms with Gasteiger partial charge in [0.1, 0.15) is 12.2 Å². The molecule has 0 rings (SSSR count). The fraction of sp³-hybridized carbons (Fsp3) is 0.833. The monoisotopic (exact) mass is 780 g/mol. The van der Waals surface area contributed by atoms with Gasteiger partial charge in [-0.2, -0.15) is 0 Å². The first-order valence-electron chi connectivity index (χ1n) is 20.6. The van der Waals surface area contributed by atoms with Crippen molar-refractivity contribution in [1.82, 2.24) is 4.90 Å². The summed E-state index contributed by atoms with van der Waals surface area (Å²) < 4.78 is 66.3. The van der Waals surface area contributed by atoms with Gasteiger partial charge in [-0.05, 0) is 124 Å². The molecule has 2 unspecified atom stereocenters. The number of ether oxygens (including phenoxy) is 2. The zero-order chi connectivity index (χ0) is 40.0. The third-order valence-electron chi connectivity index (χ3n) is 9.05. The highest BCUT2D eigenvalue weighted by atomic mass is 31.1. The summed E-state index contributed by atoms with van der Waals surface area (Å²) in [6, 6.07) is 0. The third kappa shape index (κ3) is 32.2. The second kappa shape index (κ2) is 31.4. The summed E-state index contributed by atoms with van der Waals surface area (Å²) in [5.74, 6) is -6.51. The number of carbonyl (C=O) groups excluding carboxylic acids is 3. The van der Waals surface area contributed by atoms with Gasteiger partial charge in [0.05, 0.1) is 0 Å². The molecule has 0 heterocycles. The molecule has 6 nitrogen and oxygen atoms in total. The van der Waals surface area contributed by atoms with Gasteiger partial charge in [0, 0.05) is 32.1 Å². The Kier molecular flexibility index (Phi) is 30.3. The Balaban J connectivity index is 4.39. The summed E-state index contributed by atoms with van der Waals surface area (Å²) in [6.45, 7) is 8.03. The second-order valence-corrected chi connectivity index (χ2v) is 17.3. The summed E-state index contributed by atoms with van der Waals surface area (Å²) in [6.07, 6.45) is 19.6. The number of esters is 2. The number of allylic oxidation sites excluding steroid dienone is 2. The summed E-state index contributed by atoms with van der Waals surface area (Å²) >= 11 is 0. The van der Waals surface area contributed by atoms with Gasteiger partial charge < -0.3 is 14.4 Å². The lowest BCUT2D eigenvalue weighted by Crippen LogP contribution is -2.16. The molecule has 53 heavy (non-hydrogen) atoms. The minimum atomic E-state index is -2.88. The highest BCUT2D eigenvalue weighted by Crippen LogP contribution is 2.41. The lowest BCUT2D eigenvalue weighted by molar-refractivity contribution is -0.147. The molecule has 0 aromatic heterocycles. The molecule has 0 aliphatic heterocycles. The number of carbonyl (C=O) groups is 3. The van der Waals surface area contributed by atoms with Crippen LogP contribution in [-0.4, -0.2) is 79.4 Å². The number of unbranched alkanes of at least 4 members (excludes halogenated alkanes) is 12. The maximum atomic E-state index is 13.9. The zero-order valence-corrected chi connectivity index (χ0v) is 35.0. The average molecular weight is 780 g/mol. The Morgan fingerprint density at radius 2 is 0.981 bits per heavy atom. The van der Waals surface area contributed by atoms with Crippen LogP contribution in [0.3, 0.4) is 0 Å². The van der Waals surface area contributed by atoms with Gasteiger partial charge in [-0.15, -0.1) is 0 Å². The van der Waals surface area contributed by atoms with Gasteiger partial charge in [-0.3, -0.25) is 14.4 Å². The number of alkyl halides is 4. The molecule has 11 heteroatoms. The molecule has 310 valence electrons. The minimum absolute atomic E-state index is 0.193. The maximum Gasteiger partial charge on any atom is 0.306 e. The van der Waals surface area contributed by atoms with E-state index in [4.69, 9.17) is 9.47 Å². The predicted molar refractivity (Wildman–Crippen MR) is 212 cm³/mol. The van der Waals surface area contributed by atoms with Crippen LogP contribution in [0.5, 0.6) is 0 Å². The molecule has 0 aromatic carbocycles. The van der Waals surface area contributed by atoms with E-state index in [1.807, 2.05) is 27.9 Å². The van der Waals surface area contributed by atoms with E-state index in [2.05, 4.69) is 4.90 Å². The van der Waals surface area contributed by atoms with E-state index in [9.17, 15) is 31.9 Å². The van der Waals surface area contributed by atoms with Crippen LogP contribution in [0.2, 0.25) is 0 Å². The van der Waals surface area contributed by atoms with Crippen LogP contribution in [0.25, 0.3) is 0 Å². The summed E-state index contributed by atoms with van der Waals surface area (Å²) in [5, 5.41) is 0. The van der Waals surface area contributed by atoms with E-state index >= 15 is 0 Å². The Bertz CT molecular complexity index is 957. The van der Waals surface area contributed by atoms with Crippen LogP contribution < -0.4 is 0 Å². The number of nitrogens with zero attached hydrogens (tertiary/aromatic N) is 1. The van der Waals surface area contributed by atoms with Gasteiger partial charge in [-0.1, -0.05) is 78.1 Å². The fourth-order valence-electron chi connectivity index (χ4n) is 5.82. The van der Waals surface area contributed by atoms with Crippen molar-refractivity contribution < 1.29 is 41.4 Å². The highest BCUT2D eigenvalue weighted by molar-refractivity contribution is 7.74. The average Bonchev–Trinajstić information content (AvgIpc) is 3.08. The molecule has 0 radical (unpaired) electrons. The standard InChI is InChI=1S/C42H74F4NO5P/c1-7-9-19-29-41(43,44)31-27-36(3)51-38(48)24-17-13-11-15-21-34-53(40(50)26-23-33-47(5)6)35-22-16-12-14-18-25-39(49)52-37(4)28-32-42(45,46)30-20-10-8-2/h27-28,31-32,36-37H,7-26,29-30,33-35H2,1-6H3. The van der Waals surface area contributed by atoms with Gasteiger partial charge in [-0.25, -0.2) is 17.6 Å². The van der Waals surface area contributed by atoms with E-state index in [1.54, 1.807) is 13.8 Å². The number of halogens is 4. The quantitative estimate of drug-likeness (QED) is 0.0210. The Morgan fingerprint density at radius 3 is 1.38 bits per heavy atom. The molecule has 0 spiro atoms. The Hall–Kier alpha value is -1.80. The molecule has 0 saturated carbocycles. The van der Waals surface area contributed by atoms with E-state index in [-0.39, 0.29) is 37.6 Å². The van der Waals surface area contributed by atoms with Crippen molar-refractivity contribution in [2.45, 2.75) is 193 Å². The molecule has 0 aliphatic carbocycles. The number of rotatable bonds is 35. The van der Waals surface area contributed by atoms with Crippen molar-refractivity contribution in [1.29, 1.82) is 0 Å². The maximum absolute atomic E-state index is 13.9. The topological polar surface area (TPSA) is 72.9 Å². The molecule has 0 amide bonds. The first-order valence-corrected chi connectivity index (χ1v) is 22.3. The summed E-state index contributed by atoms with van der Waals surface area (Å²) in [5.41, 5.74) is 0.399. The lowest BCUT2D eigenvalue weighted by atomic mass is 10.1. The third-order valence-corrected chi connectivity index (χ3v) is 11.7.